The Balaban J connectivity index is 1.80. The van der Waals surface area contributed by atoms with Gasteiger partial charge in [0, 0.05) is 21.7 Å². The van der Waals surface area contributed by atoms with Crippen LogP contribution in [0.15, 0.2) is 109 Å². The molecule has 4 aromatic rings. The number of rotatable bonds is 5. The normalized spacial score (nSPS) is 10.7. The van der Waals surface area contributed by atoms with Crippen LogP contribution in [0.25, 0.3) is 0 Å². The Bertz CT molecular complexity index is 962. The van der Waals surface area contributed by atoms with E-state index in [0.29, 0.717) is 0 Å². The summed E-state index contributed by atoms with van der Waals surface area (Å²) in [6, 6.07) is 37.9. The van der Waals surface area contributed by atoms with Gasteiger partial charge in [0.15, 0.2) is 0 Å². The van der Waals surface area contributed by atoms with E-state index < -0.39 is 7.92 Å². The van der Waals surface area contributed by atoms with E-state index in [0.717, 1.165) is 16.4 Å². The van der Waals surface area contributed by atoms with E-state index in [-0.39, 0.29) is 0 Å². The van der Waals surface area contributed by atoms with Crippen molar-refractivity contribution in [2.24, 2.45) is 0 Å². The second kappa shape index (κ2) is 8.39. The Morgan fingerprint density at radius 2 is 1.07 bits per heavy atom. The first-order valence-electron chi connectivity index (χ1n) is 8.83. The fraction of sp³-hybridized carbons (Fsp3) is 0. The van der Waals surface area contributed by atoms with Crippen LogP contribution < -0.4 is 21.2 Å². The van der Waals surface area contributed by atoms with Crippen molar-refractivity contribution in [1.82, 2.24) is 0 Å². The molecule has 1 N–H and O–H groups in total. The first-order valence-corrected chi connectivity index (χ1v) is 10.5. The van der Waals surface area contributed by atoms with Crippen LogP contribution in [0.2, 0.25) is 5.02 Å². The summed E-state index contributed by atoms with van der Waals surface area (Å²) in [6.07, 6.45) is 0. The minimum Gasteiger partial charge on any atom is -0.355 e. The zero-order valence-electron chi connectivity index (χ0n) is 14.7. The Morgan fingerprint density at radius 3 is 1.67 bits per heavy atom. The highest BCUT2D eigenvalue weighted by atomic mass is 35.5. The molecule has 0 aliphatic carbocycles. The quantitative estimate of drug-likeness (QED) is 0.424. The molecule has 0 heterocycles. The maximum absolute atomic E-state index is 6.03. The first kappa shape index (κ1) is 17.8. The molecule has 0 unspecified atom stereocenters. The van der Waals surface area contributed by atoms with Gasteiger partial charge in [-0.2, -0.15) is 0 Å². The van der Waals surface area contributed by atoms with E-state index in [9.17, 15) is 0 Å². The third-order valence-corrected chi connectivity index (χ3v) is 7.05. The molecule has 0 aliphatic heterocycles. The topological polar surface area (TPSA) is 12.0 Å². The number of anilines is 2. The molecular formula is C24H19ClNP. The highest BCUT2D eigenvalue weighted by Gasteiger charge is 2.19. The molecule has 0 radical (unpaired) electrons. The number of nitrogens with one attached hydrogen (secondary N) is 1. The largest absolute Gasteiger partial charge is 0.355 e. The van der Waals surface area contributed by atoms with Gasteiger partial charge in [-0.15, -0.1) is 0 Å². The second-order valence-electron chi connectivity index (χ2n) is 6.16. The van der Waals surface area contributed by atoms with Crippen LogP contribution in [0.5, 0.6) is 0 Å². The molecule has 0 bridgehead atoms. The molecule has 0 aliphatic rings. The second-order valence-corrected chi connectivity index (χ2v) is 8.78. The van der Waals surface area contributed by atoms with E-state index in [1.807, 2.05) is 24.3 Å². The zero-order chi connectivity index (χ0) is 18.5. The van der Waals surface area contributed by atoms with Gasteiger partial charge in [0.1, 0.15) is 0 Å². The summed E-state index contributed by atoms with van der Waals surface area (Å²) in [5.74, 6) is 0. The van der Waals surface area contributed by atoms with Crippen molar-refractivity contribution < 1.29 is 0 Å². The third kappa shape index (κ3) is 4.22. The lowest BCUT2D eigenvalue weighted by molar-refractivity contribution is 1.57. The van der Waals surface area contributed by atoms with E-state index in [2.05, 4.69) is 90.2 Å². The number of benzene rings is 4. The summed E-state index contributed by atoms with van der Waals surface area (Å²) in [6.45, 7) is 0. The zero-order valence-corrected chi connectivity index (χ0v) is 16.4. The van der Waals surface area contributed by atoms with Gasteiger partial charge in [-0.25, -0.2) is 0 Å². The number of halogens is 1. The Morgan fingerprint density at radius 1 is 0.556 bits per heavy atom. The van der Waals surface area contributed by atoms with Crippen molar-refractivity contribution in [2.75, 3.05) is 5.32 Å². The predicted octanol–water partition coefficient (Wildman–Crippen LogP) is 5.84. The molecule has 3 heteroatoms. The summed E-state index contributed by atoms with van der Waals surface area (Å²) in [7, 11) is -0.658. The van der Waals surface area contributed by atoms with Gasteiger partial charge in [0.05, 0.1) is 0 Å². The summed E-state index contributed by atoms with van der Waals surface area (Å²) in [5.41, 5.74) is 2.15. The van der Waals surface area contributed by atoms with Gasteiger partial charge in [-0.3, -0.25) is 0 Å². The minimum absolute atomic E-state index is 0.658. The van der Waals surface area contributed by atoms with Crippen LogP contribution >= 0.6 is 19.5 Å². The lowest BCUT2D eigenvalue weighted by Gasteiger charge is -2.22. The highest BCUT2D eigenvalue weighted by Crippen LogP contribution is 2.36. The van der Waals surface area contributed by atoms with E-state index in [4.69, 9.17) is 11.6 Å². The number of hydrogen-bond acceptors (Lipinski definition) is 1. The van der Waals surface area contributed by atoms with Crippen molar-refractivity contribution in [1.29, 1.82) is 0 Å². The first-order chi connectivity index (χ1) is 13.3. The van der Waals surface area contributed by atoms with Crippen LogP contribution in [0.1, 0.15) is 0 Å². The molecule has 0 saturated heterocycles. The van der Waals surface area contributed by atoms with Gasteiger partial charge in [0.2, 0.25) is 0 Å². The molecular weight excluding hydrogens is 369 g/mol. The Hall–Kier alpha value is -2.60. The highest BCUT2D eigenvalue weighted by molar-refractivity contribution is 7.80. The van der Waals surface area contributed by atoms with E-state index >= 15 is 0 Å². The fourth-order valence-corrected chi connectivity index (χ4v) is 5.57. The molecule has 0 spiro atoms. The lowest BCUT2D eigenvalue weighted by atomic mass is 10.2. The van der Waals surface area contributed by atoms with Gasteiger partial charge >= 0.3 is 0 Å². The van der Waals surface area contributed by atoms with Crippen LogP contribution in [-0.2, 0) is 0 Å². The molecule has 0 amide bonds. The standard InChI is InChI=1S/C24H19ClNP/c25-19-15-17-20(18-16-19)26-23-13-7-8-14-24(23)27(21-9-3-1-4-10-21)22-11-5-2-6-12-22/h1-18,26H. The van der Waals surface area contributed by atoms with E-state index in [1.54, 1.807) is 0 Å². The fourth-order valence-electron chi connectivity index (χ4n) is 3.04. The molecule has 0 fully saturated rings. The van der Waals surface area contributed by atoms with Crippen molar-refractivity contribution >= 4 is 46.8 Å². The summed E-state index contributed by atoms with van der Waals surface area (Å²) >= 11 is 6.03. The third-order valence-electron chi connectivity index (χ3n) is 4.30. The van der Waals surface area contributed by atoms with Crippen LogP contribution in [0.4, 0.5) is 11.4 Å². The minimum atomic E-state index is -0.658. The molecule has 1 nitrogen and oxygen atoms in total. The lowest BCUT2D eigenvalue weighted by Crippen LogP contribution is -2.22. The maximum atomic E-state index is 6.03. The van der Waals surface area contributed by atoms with Gasteiger partial charge in [-0.1, -0.05) is 90.5 Å². The van der Waals surface area contributed by atoms with Crippen molar-refractivity contribution in [3.63, 3.8) is 0 Å². The van der Waals surface area contributed by atoms with Crippen LogP contribution in [0.3, 0.4) is 0 Å². The van der Waals surface area contributed by atoms with Gasteiger partial charge in [0.25, 0.3) is 0 Å². The van der Waals surface area contributed by atoms with Crippen LogP contribution in [-0.4, -0.2) is 0 Å². The number of para-hydroxylation sites is 1. The Kier molecular flexibility index (Phi) is 5.53. The van der Waals surface area contributed by atoms with E-state index in [1.165, 1.54) is 15.9 Å². The molecule has 132 valence electrons. The summed E-state index contributed by atoms with van der Waals surface area (Å²) in [5, 5.41) is 8.30. The summed E-state index contributed by atoms with van der Waals surface area (Å²) in [4.78, 5) is 0. The molecule has 0 atom stereocenters. The predicted molar refractivity (Wildman–Crippen MR) is 120 cm³/mol. The van der Waals surface area contributed by atoms with Gasteiger partial charge in [-0.05, 0) is 48.9 Å². The Labute approximate surface area is 166 Å². The summed E-state index contributed by atoms with van der Waals surface area (Å²) < 4.78 is 0. The number of hydrogen-bond donors (Lipinski definition) is 1. The smallest absolute Gasteiger partial charge is 0.0469 e. The SMILES string of the molecule is Clc1ccc(Nc2ccccc2P(c2ccccc2)c2ccccc2)cc1. The molecule has 4 rings (SSSR count). The maximum Gasteiger partial charge on any atom is 0.0469 e. The average Bonchev–Trinajstić information content (AvgIpc) is 2.73. The molecule has 4 aromatic carbocycles. The van der Waals surface area contributed by atoms with Crippen molar-refractivity contribution in [3.8, 4) is 0 Å². The van der Waals surface area contributed by atoms with Gasteiger partial charge < -0.3 is 5.32 Å². The van der Waals surface area contributed by atoms with Crippen molar-refractivity contribution in [3.05, 3.63) is 114 Å². The molecule has 0 saturated carbocycles. The molecule has 27 heavy (non-hydrogen) atoms. The van der Waals surface area contributed by atoms with Crippen LogP contribution in [0, 0.1) is 0 Å². The average molecular weight is 388 g/mol. The monoisotopic (exact) mass is 387 g/mol. The molecule has 0 aromatic heterocycles. The van der Waals surface area contributed by atoms with Crippen molar-refractivity contribution in [2.45, 2.75) is 0 Å².